The van der Waals surface area contributed by atoms with Gasteiger partial charge < -0.3 is 5.11 Å². The van der Waals surface area contributed by atoms with Crippen LogP contribution in [0.5, 0.6) is 0 Å². The number of fused-ring (bicyclic) bond motifs is 1. The molecule has 86 valence electrons. The lowest BCUT2D eigenvalue weighted by Crippen LogP contribution is -2.05. The first kappa shape index (κ1) is 10.2. The van der Waals surface area contributed by atoms with Gasteiger partial charge in [0, 0.05) is 6.07 Å². The van der Waals surface area contributed by atoms with Crippen molar-refractivity contribution in [1.82, 2.24) is 0 Å². The highest BCUT2D eigenvalue weighted by Gasteiger charge is 2.55. The van der Waals surface area contributed by atoms with E-state index >= 15 is 0 Å². The first-order chi connectivity index (χ1) is 7.66. The Bertz CT molecular complexity index is 388. The molecule has 2 aliphatic rings. The average Bonchev–Trinajstić information content (AvgIpc) is 2.68. The predicted molar refractivity (Wildman–Crippen MR) is 55.6 cm³/mol. The molecule has 2 fully saturated rings. The highest BCUT2D eigenvalue weighted by atomic mass is 19.1. The smallest absolute Gasteiger partial charge is 0.126 e. The summed E-state index contributed by atoms with van der Waals surface area (Å²) in [7, 11) is 0. The third-order valence-electron chi connectivity index (χ3n) is 4.06. The SMILES string of the molecule is OC(c1cc(F)cc(F)c1)C1C2CCCC21. The van der Waals surface area contributed by atoms with Crippen LogP contribution < -0.4 is 0 Å². The molecule has 1 aromatic rings. The minimum atomic E-state index is -0.694. The van der Waals surface area contributed by atoms with E-state index in [0.717, 1.165) is 18.9 Å². The molecule has 3 unspecified atom stereocenters. The van der Waals surface area contributed by atoms with Crippen LogP contribution in [0.2, 0.25) is 0 Å². The molecule has 1 aromatic carbocycles. The highest BCUT2D eigenvalue weighted by Crippen LogP contribution is 2.62. The van der Waals surface area contributed by atoms with E-state index in [2.05, 4.69) is 0 Å². The summed E-state index contributed by atoms with van der Waals surface area (Å²) in [6, 6.07) is 3.31. The molecule has 0 aliphatic heterocycles. The fourth-order valence-corrected chi connectivity index (χ4v) is 3.31. The normalized spacial score (nSPS) is 33.6. The van der Waals surface area contributed by atoms with Gasteiger partial charge in [0.15, 0.2) is 0 Å². The molecule has 2 saturated carbocycles. The Kier molecular flexibility index (Phi) is 2.25. The van der Waals surface area contributed by atoms with Gasteiger partial charge in [0.05, 0.1) is 6.10 Å². The summed E-state index contributed by atoms with van der Waals surface area (Å²) < 4.78 is 26.0. The minimum Gasteiger partial charge on any atom is -0.388 e. The van der Waals surface area contributed by atoms with Gasteiger partial charge >= 0.3 is 0 Å². The summed E-state index contributed by atoms with van der Waals surface area (Å²) in [5.74, 6) is 0.178. The van der Waals surface area contributed by atoms with Crippen molar-refractivity contribution in [3.8, 4) is 0 Å². The van der Waals surface area contributed by atoms with Gasteiger partial charge in [0.2, 0.25) is 0 Å². The van der Waals surface area contributed by atoms with E-state index in [-0.39, 0.29) is 5.92 Å². The van der Waals surface area contributed by atoms with E-state index in [1.54, 1.807) is 0 Å². The molecule has 1 nitrogen and oxygen atoms in total. The van der Waals surface area contributed by atoms with Crippen molar-refractivity contribution in [3.63, 3.8) is 0 Å². The summed E-state index contributed by atoms with van der Waals surface area (Å²) >= 11 is 0. The van der Waals surface area contributed by atoms with E-state index in [9.17, 15) is 13.9 Å². The zero-order valence-corrected chi connectivity index (χ0v) is 8.87. The largest absolute Gasteiger partial charge is 0.388 e. The molecule has 16 heavy (non-hydrogen) atoms. The fraction of sp³-hybridized carbons (Fsp3) is 0.538. The molecule has 3 rings (SSSR count). The van der Waals surface area contributed by atoms with Gasteiger partial charge in [-0.2, -0.15) is 0 Å². The lowest BCUT2D eigenvalue weighted by Gasteiger charge is -2.13. The predicted octanol–water partition coefficient (Wildman–Crippen LogP) is 3.04. The van der Waals surface area contributed by atoms with Crippen LogP contribution in [0.15, 0.2) is 18.2 Å². The summed E-state index contributed by atoms with van der Waals surface area (Å²) in [5.41, 5.74) is 0.386. The van der Waals surface area contributed by atoms with Crippen LogP contribution in [0.1, 0.15) is 30.9 Å². The van der Waals surface area contributed by atoms with Crippen LogP contribution in [0.3, 0.4) is 0 Å². The van der Waals surface area contributed by atoms with Crippen LogP contribution >= 0.6 is 0 Å². The summed E-state index contributed by atoms with van der Waals surface area (Å²) in [4.78, 5) is 0. The van der Waals surface area contributed by atoms with Crippen molar-refractivity contribution in [2.24, 2.45) is 17.8 Å². The van der Waals surface area contributed by atoms with E-state index in [0.29, 0.717) is 17.4 Å². The Morgan fingerprint density at radius 2 is 1.62 bits per heavy atom. The molecule has 0 amide bonds. The number of aliphatic hydroxyl groups excluding tert-OH is 1. The third-order valence-corrected chi connectivity index (χ3v) is 4.06. The van der Waals surface area contributed by atoms with Gasteiger partial charge in [-0.1, -0.05) is 6.42 Å². The van der Waals surface area contributed by atoms with Gasteiger partial charge in [-0.3, -0.25) is 0 Å². The summed E-state index contributed by atoms with van der Waals surface area (Å²) in [6.07, 6.45) is 2.85. The van der Waals surface area contributed by atoms with E-state index in [1.807, 2.05) is 0 Å². The number of aliphatic hydroxyl groups is 1. The van der Waals surface area contributed by atoms with E-state index in [4.69, 9.17) is 0 Å². The minimum absolute atomic E-state index is 0.231. The molecule has 0 heterocycles. The zero-order valence-electron chi connectivity index (χ0n) is 8.87. The molecule has 0 saturated heterocycles. The molecule has 3 atom stereocenters. The monoisotopic (exact) mass is 224 g/mol. The van der Waals surface area contributed by atoms with E-state index in [1.165, 1.54) is 18.6 Å². The van der Waals surface area contributed by atoms with Gasteiger partial charge in [0.25, 0.3) is 0 Å². The highest BCUT2D eigenvalue weighted by molar-refractivity contribution is 5.23. The Morgan fingerprint density at radius 3 is 2.19 bits per heavy atom. The molecule has 0 bridgehead atoms. The number of rotatable bonds is 2. The van der Waals surface area contributed by atoms with E-state index < -0.39 is 17.7 Å². The quantitative estimate of drug-likeness (QED) is 0.818. The number of benzene rings is 1. The summed E-state index contributed by atoms with van der Waals surface area (Å²) in [5, 5.41) is 10.1. The van der Waals surface area contributed by atoms with Gasteiger partial charge in [0.1, 0.15) is 11.6 Å². The first-order valence-corrected chi connectivity index (χ1v) is 5.81. The number of hydrogen-bond acceptors (Lipinski definition) is 1. The maximum Gasteiger partial charge on any atom is 0.126 e. The third kappa shape index (κ3) is 1.54. The lowest BCUT2D eigenvalue weighted by molar-refractivity contribution is 0.136. The average molecular weight is 224 g/mol. The standard InChI is InChI=1S/C13H14F2O/c14-8-4-7(5-9(15)6-8)13(16)12-10-2-1-3-11(10)12/h4-6,10-13,16H,1-3H2. The maximum atomic E-state index is 13.0. The lowest BCUT2D eigenvalue weighted by atomic mass is 9.99. The Balaban J connectivity index is 1.81. The van der Waals surface area contributed by atoms with Gasteiger partial charge in [-0.15, -0.1) is 0 Å². The second-order valence-electron chi connectivity index (χ2n) is 4.98. The van der Waals surface area contributed by atoms with Gasteiger partial charge in [-0.05, 0) is 48.3 Å². The Morgan fingerprint density at radius 1 is 1.06 bits per heavy atom. The first-order valence-electron chi connectivity index (χ1n) is 5.81. The van der Waals surface area contributed by atoms with Crippen LogP contribution in [-0.4, -0.2) is 5.11 Å². The molecular weight excluding hydrogens is 210 g/mol. The molecule has 1 N–H and O–H groups in total. The van der Waals surface area contributed by atoms with Crippen molar-refractivity contribution in [2.45, 2.75) is 25.4 Å². The van der Waals surface area contributed by atoms with Crippen LogP contribution in [-0.2, 0) is 0 Å². The molecule has 2 aliphatic carbocycles. The Hall–Kier alpha value is -0.960. The van der Waals surface area contributed by atoms with Crippen molar-refractivity contribution in [2.75, 3.05) is 0 Å². The second-order valence-corrected chi connectivity index (χ2v) is 4.98. The van der Waals surface area contributed by atoms with Crippen LogP contribution in [0, 0.1) is 29.4 Å². The van der Waals surface area contributed by atoms with Crippen LogP contribution in [0.25, 0.3) is 0 Å². The number of halogens is 2. The van der Waals surface area contributed by atoms with Gasteiger partial charge in [-0.25, -0.2) is 8.78 Å². The Labute approximate surface area is 93.1 Å². The molecular formula is C13H14F2O. The number of hydrogen-bond donors (Lipinski definition) is 1. The van der Waals surface area contributed by atoms with Crippen molar-refractivity contribution < 1.29 is 13.9 Å². The summed E-state index contributed by atoms with van der Waals surface area (Å²) in [6.45, 7) is 0. The molecule has 0 spiro atoms. The van der Waals surface area contributed by atoms with Crippen molar-refractivity contribution in [1.29, 1.82) is 0 Å². The van der Waals surface area contributed by atoms with Crippen molar-refractivity contribution in [3.05, 3.63) is 35.4 Å². The molecule has 3 heteroatoms. The fourth-order valence-electron chi connectivity index (χ4n) is 3.31. The van der Waals surface area contributed by atoms with Crippen molar-refractivity contribution >= 4 is 0 Å². The van der Waals surface area contributed by atoms with Crippen LogP contribution in [0.4, 0.5) is 8.78 Å². The molecule has 0 aromatic heterocycles. The second kappa shape index (κ2) is 3.52. The maximum absolute atomic E-state index is 13.0. The topological polar surface area (TPSA) is 20.2 Å². The molecule has 0 radical (unpaired) electrons. The zero-order chi connectivity index (χ0) is 11.3.